The van der Waals surface area contributed by atoms with Gasteiger partial charge in [0.1, 0.15) is 5.82 Å². The molecule has 0 spiro atoms. The van der Waals surface area contributed by atoms with Gasteiger partial charge in [-0.2, -0.15) is 15.1 Å². The number of nitrogens with two attached hydrogens (primary N) is 1. The lowest BCUT2D eigenvalue weighted by Crippen LogP contribution is -2.33. The first-order chi connectivity index (χ1) is 15.8. The molecule has 4 aromatic rings. The van der Waals surface area contributed by atoms with Gasteiger partial charge in [-0.05, 0) is 42.7 Å². The van der Waals surface area contributed by atoms with E-state index in [2.05, 4.69) is 25.5 Å². The summed E-state index contributed by atoms with van der Waals surface area (Å²) in [5, 5.41) is 10.7. The summed E-state index contributed by atoms with van der Waals surface area (Å²) in [5.41, 5.74) is 7.57. The van der Waals surface area contributed by atoms with E-state index in [-0.39, 0.29) is 23.4 Å². The molecule has 1 aliphatic rings. The second kappa shape index (κ2) is 7.96. The normalized spacial score (nSPS) is 16.4. The molecule has 0 bridgehead atoms. The fourth-order valence-electron chi connectivity index (χ4n) is 3.98. The number of fused-ring (bicyclic) bond motifs is 2. The minimum absolute atomic E-state index is 0.0748. The lowest BCUT2D eigenvalue weighted by atomic mass is 10.0. The average Bonchev–Trinajstić information content (AvgIpc) is 3.16. The Kier molecular flexibility index (Phi) is 5.08. The van der Waals surface area contributed by atoms with Gasteiger partial charge >= 0.3 is 0 Å². The number of hydrogen-bond acceptors (Lipinski definition) is 7. The third kappa shape index (κ3) is 3.82. The van der Waals surface area contributed by atoms with Crippen LogP contribution in [-0.2, 0) is 16.4 Å². The summed E-state index contributed by atoms with van der Waals surface area (Å²) in [6.45, 7) is 0.116. The van der Waals surface area contributed by atoms with Crippen molar-refractivity contribution in [2.24, 2.45) is 0 Å². The van der Waals surface area contributed by atoms with E-state index in [9.17, 15) is 17.2 Å². The molecule has 12 heteroatoms. The van der Waals surface area contributed by atoms with Gasteiger partial charge in [-0.15, -0.1) is 0 Å². The topological polar surface area (TPSA) is 130 Å². The second-order valence-corrected chi connectivity index (χ2v) is 9.54. The molecular formula is C21H19F2N7O2S. The summed E-state index contributed by atoms with van der Waals surface area (Å²) in [5.74, 6) is -1.76. The van der Waals surface area contributed by atoms with Crippen LogP contribution in [0.2, 0.25) is 0 Å². The second-order valence-electron chi connectivity index (χ2n) is 7.68. The number of hydrogen-bond donors (Lipinski definition) is 3. The van der Waals surface area contributed by atoms with Crippen LogP contribution in [0.5, 0.6) is 0 Å². The summed E-state index contributed by atoms with van der Waals surface area (Å²) in [6, 6.07) is 9.48. The van der Waals surface area contributed by atoms with Crippen LogP contribution in [0.3, 0.4) is 0 Å². The van der Waals surface area contributed by atoms with Gasteiger partial charge in [-0.25, -0.2) is 17.2 Å². The molecule has 170 valence electrons. The Morgan fingerprint density at radius 2 is 1.94 bits per heavy atom. The average molecular weight is 471 g/mol. The summed E-state index contributed by atoms with van der Waals surface area (Å²) < 4.78 is 55.2. The zero-order chi connectivity index (χ0) is 23.2. The molecule has 1 atom stereocenters. The Hall–Kier alpha value is -3.80. The third-order valence-electron chi connectivity index (χ3n) is 5.55. The largest absolute Gasteiger partial charge is 0.368 e. The van der Waals surface area contributed by atoms with Crippen LogP contribution in [0, 0.1) is 11.6 Å². The van der Waals surface area contributed by atoms with E-state index in [4.69, 9.17) is 5.73 Å². The molecule has 0 saturated carbocycles. The maximum atomic E-state index is 13.8. The van der Waals surface area contributed by atoms with Crippen molar-refractivity contribution >= 4 is 38.5 Å². The Morgan fingerprint density at radius 3 is 2.76 bits per heavy atom. The molecule has 9 nitrogen and oxygen atoms in total. The summed E-state index contributed by atoms with van der Waals surface area (Å²) in [7, 11) is -4.13. The van der Waals surface area contributed by atoms with Gasteiger partial charge in [0.25, 0.3) is 10.0 Å². The van der Waals surface area contributed by atoms with E-state index in [0.29, 0.717) is 41.4 Å². The highest BCUT2D eigenvalue weighted by molar-refractivity contribution is 7.92. The molecule has 0 fully saturated rings. The van der Waals surface area contributed by atoms with E-state index in [1.165, 1.54) is 4.31 Å². The standard InChI is InChI=1S/C21H19F2N7O2S/c22-16-6-5-14(10-17(16)23)33(31,32)30-8-7-13(9-12-3-1-2-4-18(12)30)26-19-15-11-25-29-20(15)28-21(24)27-19/h1-6,10-11,13H,7-9H2,(H4,24,25,26,27,28,29). The maximum Gasteiger partial charge on any atom is 0.264 e. The molecular weight excluding hydrogens is 452 g/mol. The fourth-order valence-corrected chi connectivity index (χ4v) is 5.51. The number of halogens is 2. The van der Waals surface area contributed by atoms with Crippen LogP contribution >= 0.6 is 0 Å². The van der Waals surface area contributed by atoms with Crippen LogP contribution in [0.1, 0.15) is 12.0 Å². The van der Waals surface area contributed by atoms with Crippen LogP contribution in [0.15, 0.2) is 53.6 Å². The number of aromatic nitrogens is 4. The van der Waals surface area contributed by atoms with Crippen molar-refractivity contribution in [2.45, 2.75) is 23.8 Å². The van der Waals surface area contributed by atoms with Gasteiger partial charge in [0.15, 0.2) is 17.3 Å². The molecule has 0 aliphatic carbocycles. The lowest BCUT2D eigenvalue weighted by molar-refractivity contribution is 0.504. The van der Waals surface area contributed by atoms with Crippen molar-refractivity contribution in [1.29, 1.82) is 0 Å². The van der Waals surface area contributed by atoms with Crippen LogP contribution in [-0.4, -0.2) is 41.2 Å². The summed E-state index contributed by atoms with van der Waals surface area (Å²) in [6.07, 6.45) is 2.51. The van der Waals surface area contributed by atoms with Gasteiger partial charge in [-0.1, -0.05) is 18.2 Å². The highest BCUT2D eigenvalue weighted by Crippen LogP contribution is 2.33. The highest BCUT2D eigenvalue weighted by atomic mass is 32.2. The number of anilines is 3. The van der Waals surface area contributed by atoms with E-state index in [1.54, 1.807) is 18.3 Å². The van der Waals surface area contributed by atoms with Gasteiger partial charge in [0.05, 0.1) is 22.2 Å². The first kappa shape index (κ1) is 21.1. The third-order valence-corrected chi connectivity index (χ3v) is 7.36. The molecule has 1 unspecified atom stereocenters. The van der Waals surface area contributed by atoms with Gasteiger partial charge in [0, 0.05) is 12.6 Å². The molecule has 0 radical (unpaired) electrons. The Bertz CT molecular complexity index is 1460. The number of benzene rings is 2. The first-order valence-electron chi connectivity index (χ1n) is 10.1. The zero-order valence-electron chi connectivity index (χ0n) is 17.2. The van der Waals surface area contributed by atoms with Crippen LogP contribution in [0.25, 0.3) is 11.0 Å². The molecule has 33 heavy (non-hydrogen) atoms. The minimum Gasteiger partial charge on any atom is -0.368 e. The number of para-hydroxylation sites is 1. The van der Waals surface area contributed by atoms with Crippen molar-refractivity contribution in [3.63, 3.8) is 0 Å². The maximum absolute atomic E-state index is 13.8. The minimum atomic E-state index is -4.13. The molecule has 0 saturated heterocycles. The highest BCUT2D eigenvalue weighted by Gasteiger charge is 2.31. The van der Waals surface area contributed by atoms with Crippen molar-refractivity contribution in [1.82, 2.24) is 20.2 Å². The van der Waals surface area contributed by atoms with E-state index < -0.39 is 21.7 Å². The fraction of sp³-hybridized carbons (Fsp3) is 0.190. The predicted molar refractivity (Wildman–Crippen MR) is 119 cm³/mol. The molecule has 2 aromatic heterocycles. The van der Waals surface area contributed by atoms with Crippen molar-refractivity contribution in [3.05, 3.63) is 65.9 Å². The van der Waals surface area contributed by atoms with Crippen molar-refractivity contribution in [2.75, 3.05) is 21.9 Å². The van der Waals surface area contributed by atoms with Gasteiger partial charge in [0.2, 0.25) is 5.95 Å². The van der Waals surface area contributed by atoms with E-state index in [0.717, 1.165) is 17.7 Å². The number of H-pyrrole nitrogens is 1. The number of aromatic amines is 1. The number of rotatable bonds is 4. The van der Waals surface area contributed by atoms with Crippen LogP contribution < -0.4 is 15.4 Å². The van der Waals surface area contributed by atoms with Crippen molar-refractivity contribution in [3.8, 4) is 0 Å². The monoisotopic (exact) mass is 471 g/mol. The van der Waals surface area contributed by atoms with Gasteiger partial charge in [-0.3, -0.25) is 9.40 Å². The molecule has 4 N–H and O–H groups in total. The number of nitrogen functional groups attached to an aromatic ring is 1. The van der Waals surface area contributed by atoms with E-state index >= 15 is 0 Å². The first-order valence-corrected chi connectivity index (χ1v) is 11.6. The predicted octanol–water partition coefficient (Wildman–Crippen LogP) is 2.84. The molecule has 2 aromatic carbocycles. The zero-order valence-corrected chi connectivity index (χ0v) is 18.0. The summed E-state index contributed by atoms with van der Waals surface area (Å²) >= 11 is 0. The molecule has 0 amide bonds. The summed E-state index contributed by atoms with van der Waals surface area (Å²) in [4.78, 5) is 8.06. The smallest absolute Gasteiger partial charge is 0.264 e. The van der Waals surface area contributed by atoms with Crippen molar-refractivity contribution < 1.29 is 17.2 Å². The van der Waals surface area contributed by atoms with Gasteiger partial charge < -0.3 is 11.1 Å². The number of nitrogens with zero attached hydrogens (tertiary/aromatic N) is 4. The number of sulfonamides is 1. The SMILES string of the molecule is Nc1nc(NC2CCN(S(=O)(=O)c3ccc(F)c(F)c3)c3ccccc3C2)c2cn[nH]c2n1. The Balaban J connectivity index is 1.50. The number of nitrogens with one attached hydrogen (secondary N) is 2. The molecule has 3 heterocycles. The quantitative estimate of drug-likeness (QED) is 0.417. The lowest BCUT2D eigenvalue weighted by Gasteiger charge is -2.24. The Labute approximate surface area is 187 Å². The Morgan fingerprint density at radius 1 is 1.12 bits per heavy atom. The molecule has 1 aliphatic heterocycles. The van der Waals surface area contributed by atoms with E-state index in [1.807, 2.05) is 12.1 Å². The molecule has 5 rings (SSSR count). The van der Waals surface area contributed by atoms with Crippen LogP contribution in [0.4, 0.5) is 26.2 Å².